The fourth-order valence-electron chi connectivity index (χ4n) is 2.54. The number of allylic oxidation sites excluding steroid dienone is 3. The summed E-state index contributed by atoms with van der Waals surface area (Å²) in [6.45, 7) is 3.07. The van der Waals surface area contributed by atoms with E-state index in [-0.39, 0.29) is 0 Å². The van der Waals surface area contributed by atoms with Crippen molar-refractivity contribution in [3.05, 3.63) is 47.3 Å². The fraction of sp³-hybridized carbons (Fsp3) is 0.250. The first-order valence-electron chi connectivity index (χ1n) is 6.94. The molecule has 3 rings (SSSR count). The Morgan fingerprint density at radius 2 is 2.24 bits per heavy atom. The highest BCUT2D eigenvalue weighted by Crippen LogP contribution is 2.27. The van der Waals surface area contributed by atoms with Gasteiger partial charge < -0.3 is 10.6 Å². The van der Waals surface area contributed by atoms with Crippen LogP contribution in [-0.4, -0.2) is 34.6 Å². The van der Waals surface area contributed by atoms with E-state index in [1.165, 1.54) is 5.70 Å². The number of aromatic nitrogens is 2. The van der Waals surface area contributed by atoms with Gasteiger partial charge in [-0.1, -0.05) is 6.08 Å². The van der Waals surface area contributed by atoms with Crippen LogP contribution in [0.1, 0.15) is 29.4 Å². The number of aromatic amines is 1. The number of rotatable bonds is 2. The summed E-state index contributed by atoms with van der Waals surface area (Å²) in [4.78, 5) is 13.6. The van der Waals surface area contributed by atoms with E-state index < -0.39 is 5.91 Å². The molecule has 0 bridgehead atoms. The van der Waals surface area contributed by atoms with E-state index in [1.54, 1.807) is 12.1 Å². The Labute approximate surface area is 123 Å². The lowest BCUT2D eigenvalue weighted by Gasteiger charge is -2.16. The molecule has 1 aromatic carbocycles. The Hall–Kier alpha value is -2.56. The van der Waals surface area contributed by atoms with E-state index >= 15 is 0 Å². The zero-order valence-corrected chi connectivity index (χ0v) is 12.2. The molecule has 0 atom stereocenters. The van der Waals surface area contributed by atoms with E-state index in [4.69, 9.17) is 5.73 Å². The van der Waals surface area contributed by atoms with Crippen LogP contribution in [0, 0.1) is 0 Å². The monoisotopic (exact) mass is 282 g/mol. The number of nitrogens with one attached hydrogen (secondary N) is 1. The van der Waals surface area contributed by atoms with E-state index in [9.17, 15) is 4.79 Å². The van der Waals surface area contributed by atoms with Crippen molar-refractivity contribution in [3.8, 4) is 0 Å². The summed E-state index contributed by atoms with van der Waals surface area (Å²) in [5.41, 5.74) is 9.90. The smallest absolute Gasteiger partial charge is 0.248 e. The summed E-state index contributed by atoms with van der Waals surface area (Å²) in [7, 11) is 2.08. The van der Waals surface area contributed by atoms with E-state index in [0.717, 1.165) is 35.1 Å². The van der Waals surface area contributed by atoms with Gasteiger partial charge in [0.1, 0.15) is 0 Å². The van der Waals surface area contributed by atoms with Gasteiger partial charge in [0.25, 0.3) is 0 Å². The number of benzene rings is 1. The maximum absolute atomic E-state index is 11.4. The molecule has 2 aromatic rings. The van der Waals surface area contributed by atoms with Crippen LogP contribution in [0.25, 0.3) is 16.5 Å². The third-order valence-corrected chi connectivity index (χ3v) is 3.92. The molecule has 0 saturated carbocycles. The van der Waals surface area contributed by atoms with Gasteiger partial charge in [-0.3, -0.25) is 9.89 Å². The van der Waals surface area contributed by atoms with Gasteiger partial charge >= 0.3 is 0 Å². The van der Waals surface area contributed by atoms with Crippen LogP contribution in [-0.2, 0) is 0 Å². The molecule has 21 heavy (non-hydrogen) atoms. The molecule has 108 valence electrons. The van der Waals surface area contributed by atoms with Gasteiger partial charge in [-0.05, 0) is 37.6 Å². The van der Waals surface area contributed by atoms with Crippen molar-refractivity contribution >= 4 is 22.4 Å². The van der Waals surface area contributed by atoms with Crippen LogP contribution in [0.4, 0.5) is 0 Å². The van der Waals surface area contributed by atoms with Gasteiger partial charge in [0.2, 0.25) is 5.91 Å². The zero-order valence-electron chi connectivity index (χ0n) is 12.2. The maximum Gasteiger partial charge on any atom is 0.248 e. The minimum absolute atomic E-state index is 0.426. The topological polar surface area (TPSA) is 75.0 Å². The highest BCUT2D eigenvalue weighted by molar-refractivity contribution is 6.00. The lowest BCUT2D eigenvalue weighted by atomic mass is 10.0. The number of carbonyl (C=O) groups excluding carboxylic acids is 1. The van der Waals surface area contributed by atoms with Crippen LogP contribution in [0.3, 0.4) is 0 Å². The maximum atomic E-state index is 11.4. The molecule has 0 fully saturated rings. The van der Waals surface area contributed by atoms with Crippen LogP contribution >= 0.6 is 0 Å². The predicted molar refractivity (Wildman–Crippen MR) is 83.6 cm³/mol. The Morgan fingerprint density at radius 1 is 1.43 bits per heavy atom. The predicted octanol–water partition coefficient (Wildman–Crippen LogP) is 2.28. The molecule has 0 aliphatic carbocycles. The second-order valence-electron chi connectivity index (χ2n) is 5.35. The van der Waals surface area contributed by atoms with Crippen LogP contribution < -0.4 is 5.73 Å². The number of carbonyl (C=O) groups is 1. The van der Waals surface area contributed by atoms with Crippen molar-refractivity contribution in [1.82, 2.24) is 15.1 Å². The summed E-state index contributed by atoms with van der Waals surface area (Å²) in [6, 6.07) is 5.35. The zero-order chi connectivity index (χ0) is 15.0. The van der Waals surface area contributed by atoms with Gasteiger partial charge in [0, 0.05) is 35.8 Å². The second kappa shape index (κ2) is 5.09. The highest BCUT2D eigenvalue weighted by atomic mass is 16.1. The average molecular weight is 282 g/mol. The SMILES string of the molecule is CC1=CC(c2n[nH]c3ccc(C(N)=O)cc23)=CCCN1C. The van der Waals surface area contributed by atoms with Gasteiger partial charge in [-0.25, -0.2) is 0 Å². The van der Waals surface area contributed by atoms with Gasteiger partial charge in [-0.2, -0.15) is 5.10 Å². The molecule has 2 heterocycles. The standard InChI is InChI=1S/C16H18N4O/c1-10-8-11(4-3-7-20(10)2)15-13-9-12(16(17)21)5-6-14(13)18-19-15/h4-6,8-9H,3,7H2,1-2H3,(H2,17,21)(H,18,19). The number of nitrogens with two attached hydrogens (primary N) is 1. The van der Waals surface area contributed by atoms with E-state index in [2.05, 4.69) is 41.2 Å². The molecule has 1 amide bonds. The average Bonchev–Trinajstić information content (AvgIpc) is 2.81. The number of hydrogen-bond donors (Lipinski definition) is 2. The summed E-state index contributed by atoms with van der Waals surface area (Å²) >= 11 is 0. The van der Waals surface area contributed by atoms with Crippen molar-refractivity contribution in [2.45, 2.75) is 13.3 Å². The second-order valence-corrected chi connectivity index (χ2v) is 5.35. The van der Waals surface area contributed by atoms with Gasteiger partial charge in [0.15, 0.2) is 0 Å². The first-order chi connectivity index (χ1) is 10.1. The van der Waals surface area contributed by atoms with E-state index in [0.29, 0.717) is 5.56 Å². The van der Waals surface area contributed by atoms with Crippen LogP contribution in [0.2, 0.25) is 0 Å². The summed E-state index contributed by atoms with van der Waals surface area (Å²) in [6.07, 6.45) is 5.27. The van der Waals surface area contributed by atoms with Crippen molar-refractivity contribution < 1.29 is 4.79 Å². The molecular weight excluding hydrogens is 264 g/mol. The van der Waals surface area contributed by atoms with Crippen molar-refractivity contribution in [2.75, 3.05) is 13.6 Å². The number of nitrogens with zero attached hydrogens (tertiary/aromatic N) is 2. The Bertz CT molecular complexity index is 770. The first-order valence-corrected chi connectivity index (χ1v) is 6.94. The summed E-state index contributed by atoms with van der Waals surface area (Å²) in [5, 5.41) is 8.35. The molecular formula is C16H18N4O. The third-order valence-electron chi connectivity index (χ3n) is 3.92. The molecule has 1 aromatic heterocycles. The first kappa shape index (κ1) is 13.4. The molecule has 5 heteroatoms. The molecule has 1 aliphatic rings. The highest BCUT2D eigenvalue weighted by Gasteiger charge is 2.14. The van der Waals surface area contributed by atoms with Crippen molar-refractivity contribution in [3.63, 3.8) is 0 Å². The normalized spacial score (nSPS) is 15.6. The van der Waals surface area contributed by atoms with Gasteiger partial charge in [0.05, 0.1) is 11.2 Å². The molecule has 3 N–H and O–H groups in total. The van der Waals surface area contributed by atoms with Crippen LogP contribution in [0.5, 0.6) is 0 Å². The van der Waals surface area contributed by atoms with Crippen LogP contribution in [0.15, 0.2) is 36.0 Å². The number of primary amides is 1. The number of H-pyrrole nitrogens is 1. The number of hydrogen-bond acceptors (Lipinski definition) is 3. The lowest BCUT2D eigenvalue weighted by molar-refractivity contribution is 0.100. The van der Waals surface area contributed by atoms with Crippen molar-refractivity contribution in [1.29, 1.82) is 0 Å². The lowest BCUT2D eigenvalue weighted by Crippen LogP contribution is -2.15. The molecule has 5 nitrogen and oxygen atoms in total. The largest absolute Gasteiger partial charge is 0.378 e. The number of amides is 1. The molecule has 0 radical (unpaired) electrons. The molecule has 0 unspecified atom stereocenters. The third kappa shape index (κ3) is 2.42. The van der Waals surface area contributed by atoms with Crippen molar-refractivity contribution in [2.24, 2.45) is 5.73 Å². The summed E-state index contributed by atoms with van der Waals surface area (Å²) in [5.74, 6) is -0.426. The quantitative estimate of drug-likeness (QED) is 0.887. The minimum Gasteiger partial charge on any atom is -0.378 e. The van der Waals surface area contributed by atoms with E-state index in [1.807, 2.05) is 6.07 Å². The molecule has 1 aliphatic heterocycles. The van der Waals surface area contributed by atoms with Gasteiger partial charge in [-0.15, -0.1) is 0 Å². The number of fused-ring (bicyclic) bond motifs is 1. The molecule has 0 saturated heterocycles. The fourth-order valence-corrected chi connectivity index (χ4v) is 2.54. The Balaban J connectivity index is 2.14. The Kier molecular flexibility index (Phi) is 3.25. The Morgan fingerprint density at radius 3 is 3.00 bits per heavy atom. The summed E-state index contributed by atoms with van der Waals surface area (Å²) < 4.78 is 0. The molecule has 0 spiro atoms. The minimum atomic E-state index is -0.426.